The Hall–Kier alpha value is -1.97. The molecule has 3 aromatic rings. The van der Waals surface area contributed by atoms with Crippen molar-refractivity contribution < 1.29 is 41.9 Å². The SMILES string of the molecule is CC(C)(C)c1ccccc1N=CCc1cccc(CC=Nc2ccccc2C(C)(C)C)n1.[Cl-].[Cl-].[Fe+2]. The maximum Gasteiger partial charge on any atom is 2.00 e. The van der Waals surface area contributed by atoms with E-state index in [4.69, 9.17) is 15.0 Å². The molecule has 0 aliphatic heterocycles. The van der Waals surface area contributed by atoms with Crippen LogP contribution in [0.15, 0.2) is 76.7 Å². The number of hydrogen-bond acceptors (Lipinski definition) is 3. The van der Waals surface area contributed by atoms with Crippen LogP contribution in [0.5, 0.6) is 0 Å². The molecule has 188 valence electrons. The molecule has 35 heavy (non-hydrogen) atoms. The van der Waals surface area contributed by atoms with Crippen LogP contribution in [-0.2, 0) is 40.7 Å². The Kier molecular flexibility index (Phi) is 13.7. The van der Waals surface area contributed by atoms with Crippen LogP contribution in [0.25, 0.3) is 0 Å². The van der Waals surface area contributed by atoms with Crippen molar-refractivity contribution in [3.8, 4) is 0 Å². The van der Waals surface area contributed by atoms with Gasteiger partial charge in [0.05, 0.1) is 11.4 Å². The number of aliphatic imine (C=N–C) groups is 2. The van der Waals surface area contributed by atoms with E-state index in [-0.39, 0.29) is 52.7 Å². The summed E-state index contributed by atoms with van der Waals surface area (Å²) in [6.07, 6.45) is 5.33. The molecule has 0 saturated heterocycles. The molecule has 0 aliphatic rings. The van der Waals surface area contributed by atoms with Crippen LogP contribution in [0.1, 0.15) is 64.1 Å². The fraction of sp³-hybridized carbons (Fsp3) is 0.345. The molecular formula is C29H35Cl2FeN3. The second-order valence-electron chi connectivity index (χ2n) is 10.2. The molecule has 0 radical (unpaired) electrons. The Labute approximate surface area is 234 Å². The predicted octanol–water partition coefficient (Wildman–Crippen LogP) is 1.57. The van der Waals surface area contributed by atoms with Crippen LogP contribution < -0.4 is 24.8 Å². The van der Waals surface area contributed by atoms with E-state index < -0.39 is 0 Å². The number of para-hydroxylation sites is 2. The molecule has 0 fully saturated rings. The molecule has 2 aromatic carbocycles. The first-order valence-electron chi connectivity index (χ1n) is 11.3. The van der Waals surface area contributed by atoms with E-state index >= 15 is 0 Å². The van der Waals surface area contributed by atoms with E-state index in [2.05, 4.69) is 96.1 Å². The van der Waals surface area contributed by atoms with Gasteiger partial charge in [-0.25, -0.2) is 0 Å². The summed E-state index contributed by atoms with van der Waals surface area (Å²) in [5, 5.41) is 0. The number of hydrogen-bond donors (Lipinski definition) is 0. The Morgan fingerprint density at radius 3 is 1.34 bits per heavy atom. The van der Waals surface area contributed by atoms with Crippen molar-refractivity contribution >= 4 is 23.8 Å². The monoisotopic (exact) mass is 551 g/mol. The molecule has 0 aliphatic carbocycles. The van der Waals surface area contributed by atoms with E-state index in [1.54, 1.807) is 0 Å². The molecular weight excluding hydrogens is 517 g/mol. The standard InChI is InChI=1S/C29H35N3.2ClH.Fe/c1-28(2,3)24-14-7-9-16-26(24)30-20-18-22-12-11-13-23(32-22)19-21-31-27-17-10-8-15-25(27)29(4,5)6;;;/h7-17,20-21H,18-19H2,1-6H3;2*1H;/q;;;+2/p-2. The van der Waals surface area contributed by atoms with Crippen LogP contribution in [0.3, 0.4) is 0 Å². The summed E-state index contributed by atoms with van der Waals surface area (Å²) in [4.78, 5) is 14.3. The van der Waals surface area contributed by atoms with Crippen LogP contribution >= 0.6 is 0 Å². The minimum Gasteiger partial charge on any atom is -1.00 e. The minimum atomic E-state index is 0. The van der Waals surface area contributed by atoms with Crippen molar-refractivity contribution in [2.45, 2.75) is 65.2 Å². The van der Waals surface area contributed by atoms with E-state index in [0.717, 1.165) is 22.8 Å². The average Bonchev–Trinajstić information content (AvgIpc) is 2.73. The number of pyridine rings is 1. The van der Waals surface area contributed by atoms with Gasteiger partial charge in [-0.05, 0) is 46.2 Å². The smallest absolute Gasteiger partial charge is 1.00 e. The van der Waals surface area contributed by atoms with Crippen molar-refractivity contribution in [1.29, 1.82) is 0 Å². The zero-order valence-corrected chi connectivity index (χ0v) is 24.0. The Morgan fingerprint density at radius 1 is 0.600 bits per heavy atom. The summed E-state index contributed by atoms with van der Waals surface area (Å²) in [5.74, 6) is 0. The van der Waals surface area contributed by atoms with Gasteiger partial charge in [0.25, 0.3) is 0 Å². The second-order valence-corrected chi connectivity index (χ2v) is 10.2. The molecule has 0 unspecified atom stereocenters. The molecule has 1 aromatic heterocycles. The van der Waals surface area contributed by atoms with Crippen molar-refractivity contribution in [1.82, 2.24) is 4.98 Å². The van der Waals surface area contributed by atoms with Gasteiger partial charge in [0.15, 0.2) is 0 Å². The maximum atomic E-state index is 4.79. The molecule has 3 nitrogen and oxygen atoms in total. The van der Waals surface area contributed by atoms with Gasteiger partial charge in [0, 0.05) is 36.7 Å². The number of benzene rings is 2. The van der Waals surface area contributed by atoms with Crippen LogP contribution in [0.2, 0.25) is 0 Å². The molecule has 0 amide bonds. The Morgan fingerprint density at radius 2 is 0.971 bits per heavy atom. The maximum absolute atomic E-state index is 4.79. The Balaban J connectivity index is 0.00000385. The van der Waals surface area contributed by atoms with E-state index in [1.807, 2.05) is 24.6 Å². The summed E-state index contributed by atoms with van der Waals surface area (Å²) >= 11 is 0. The Bertz CT molecular complexity index is 1030. The molecule has 0 N–H and O–H groups in total. The van der Waals surface area contributed by atoms with Gasteiger partial charge in [-0.1, -0.05) is 84.0 Å². The van der Waals surface area contributed by atoms with E-state index in [9.17, 15) is 0 Å². The normalized spacial score (nSPS) is 11.6. The summed E-state index contributed by atoms with van der Waals surface area (Å²) < 4.78 is 0. The number of nitrogens with zero attached hydrogens (tertiary/aromatic N) is 3. The quantitative estimate of drug-likeness (QED) is 0.338. The van der Waals surface area contributed by atoms with Gasteiger partial charge in [0.2, 0.25) is 0 Å². The second kappa shape index (κ2) is 14.6. The van der Waals surface area contributed by atoms with Gasteiger partial charge < -0.3 is 24.8 Å². The number of aromatic nitrogens is 1. The minimum absolute atomic E-state index is 0. The molecule has 0 saturated carbocycles. The number of rotatable bonds is 6. The third kappa shape index (κ3) is 9.89. The first kappa shape index (κ1) is 33.0. The summed E-state index contributed by atoms with van der Waals surface area (Å²) in [6.45, 7) is 13.3. The first-order valence-corrected chi connectivity index (χ1v) is 11.3. The largest absolute Gasteiger partial charge is 2.00 e. The van der Waals surface area contributed by atoms with E-state index in [1.165, 1.54) is 11.1 Å². The van der Waals surface area contributed by atoms with Crippen molar-refractivity contribution in [2.75, 3.05) is 0 Å². The summed E-state index contributed by atoms with van der Waals surface area (Å²) in [5.41, 5.74) is 6.73. The number of halogens is 2. The van der Waals surface area contributed by atoms with Gasteiger partial charge in [-0.15, -0.1) is 0 Å². The molecule has 6 heteroatoms. The fourth-order valence-electron chi connectivity index (χ4n) is 3.67. The third-order valence-corrected chi connectivity index (χ3v) is 5.35. The zero-order valence-electron chi connectivity index (χ0n) is 21.4. The van der Waals surface area contributed by atoms with Crippen LogP contribution in [-0.4, -0.2) is 17.4 Å². The topological polar surface area (TPSA) is 37.6 Å². The third-order valence-electron chi connectivity index (χ3n) is 5.35. The first-order chi connectivity index (χ1) is 15.1. The molecule has 0 spiro atoms. The van der Waals surface area contributed by atoms with Gasteiger partial charge in [0.1, 0.15) is 0 Å². The summed E-state index contributed by atoms with van der Waals surface area (Å²) in [7, 11) is 0. The molecule has 3 rings (SSSR count). The van der Waals surface area contributed by atoms with Crippen molar-refractivity contribution in [3.05, 3.63) is 89.2 Å². The average molecular weight is 552 g/mol. The van der Waals surface area contributed by atoms with Crippen LogP contribution in [0, 0.1) is 0 Å². The predicted molar refractivity (Wildman–Crippen MR) is 138 cm³/mol. The van der Waals surface area contributed by atoms with E-state index in [0.29, 0.717) is 12.8 Å². The fourth-order valence-corrected chi connectivity index (χ4v) is 3.67. The van der Waals surface area contributed by atoms with Crippen LogP contribution in [0.4, 0.5) is 11.4 Å². The zero-order chi connectivity index (χ0) is 23.2. The van der Waals surface area contributed by atoms with Gasteiger partial charge in [-0.3, -0.25) is 15.0 Å². The van der Waals surface area contributed by atoms with Crippen molar-refractivity contribution in [2.24, 2.45) is 9.98 Å². The summed E-state index contributed by atoms with van der Waals surface area (Å²) in [6, 6.07) is 22.9. The molecule has 1 heterocycles. The van der Waals surface area contributed by atoms with Gasteiger partial charge >= 0.3 is 17.1 Å². The molecule has 0 bridgehead atoms. The van der Waals surface area contributed by atoms with Crippen molar-refractivity contribution in [3.63, 3.8) is 0 Å². The van der Waals surface area contributed by atoms with Gasteiger partial charge in [-0.2, -0.15) is 0 Å². The molecule has 0 atom stereocenters.